The first-order chi connectivity index (χ1) is 8.13. The van der Waals surface area contributed by atoms with Gasteiger partial charge in [0, 0.05) is 0 Å². The van der Waals surface area contributed by atoms with Gasteiger partial charge in [0.2, 0.25) is 6.08 Å². The van der Waals surface area contributed by atoms with Crippen LogP contribution in [0.15, 0.2) is 23.2 Å². The second-order valence-corrected chi connectivity index (χ2v) is 2.92. The lowest BCUT2D eigenvalue weighted by molar-refractivity contribution is 0.0587. The van der Waals surface area contributed by atoms with Crippen molar-refractivity contribution in [1.82, 2.24) is 0 Å². The molecule has 0 spiro atoms. The van der Waals surface area contributed by atoms with Crippen molar-refractivity contribution < 1.29 is 23.9 Å². The number of hydrogen-bond donors (Lipinski definition) is 0. The summed E-state index contributed by atoms with van der Waals surface area (Å²) < 4.78 is 9.01. The van der Waals surface area contributed by atoms with Crippen LogP contribution in [-0.2, 0) is 14.3 Å². The molecule has 0 unspecified atom stereocenters. The van der Waals surface area contributed by atoms with Gasteiger partial charge in [-0.3, -0.25) is 0 Å². The first-order valence-corrected chi connectivity index (χ1v) is 4.52. The summed E-state index contributed by atoms with van der Waals surface area (Å²) in [6.45, 7) is 0. The number of esters is 2. The molecule has 88 valence electrons. The Morgan fingerprint density at radius 1 is 1.18 bits per heavy atom. The fourth-order valence-corrected chi connectivity index (χ4v) is 1.20. The molecule has 6 nitrogen and oxygen atoms in total. The predicted molar refractivity (Wildman–Crippen MR) is 56.9 cm³/mol. The van der Waals surface area contributed by atoms with Crippen molar-refractivity contribution in [3.05, 3.63) is 29.3 Å². The fraction of sp³-hybridized carbons (Fsp3) is 0.182. The molecule has 0 fully saturated rings. The maximum absolute atomic E-state index is 11.3. The van der Waals surface area contributed by atoms with Gasteiger partial charge in [-0.1, -0.05) is 0 Å². The normalized spacial score (nSPS) is 9.06. The minimum atomic E-state index is -0.657. The van der Waals surface area contributed by atoms with Crippen LogP contribution in [0.25, 0.3) is 0 Å². The van der Waals surface area contributed by atoms with E-state index in [-0.39, 0.29) is 16.8 Å². The highest BCUT2D eigenvalue weighted by molar-refractivity contribution is 5.98. The Morgan fingerprint density at radius 2 is 1.82 bits per heavy atom. The van der Waals surface area contributed by atoms with Crippen LogP contribution >= 0.6 is 0 Å². The number of carbonyl (C=O) groups is 2. The Balaban J connectivity index is 3.31. The van der Waals surface area contributed by atoms with E-state index in [0.29, 0.717) is 0 Å². The Labute approximate surface area is 96.9 Å². The molecule has 0 bridgehead atoms. The molecule has 0 saturated heterocycles. The monoisotopic (exact) mass is 235 g/mol. The van der Waals surface area contributed by atoms with Crippen molar-refractivity contribution in [2.45, 2.75) is 0 Å². The molecule has 1 aromatic carbocycles. The quantitative estimate of drug-likeness (QED) is 0.447. The van der Waals surface area contributed by atoms with Gasteiger partial charge in [0.25, 0.3) is 0 Å². The van der Waals surface area contributed by atoms with Gasteiger partial charge in [-0.15, -0.1) is 0 Å². The molecule has 17 heavy (non-hydrogen) atoms. The van der Waals surface area contributed by atoms with Gasteiger partial charge in [-0.05, 0) is 18.2 Å². The van der Waals surface area contributed by atoms with Crippen LogP contribution in [0.2, 0.25) is 0 Å². The van der Waals surface area contributed by atoms with Gasteiger partial charge >= 0.3 is 11.9 Å². The zero-order chi connectivity index (χ0) is 12.8. The van der Waals surface area contributed by atoms with Crippen molar-refractivity contribution in [3.8, 4) is 0 Å². The van der Waals surface area contributed by atoms with Crippen LogP contribution < -0.4 is 0 Å². The van der Waals surface area contributed by atoms with E-state index in [1.807, 2.05) is 0 Å². The van der Waals surface area contributed by atoms with Crippen LogP contribution in [0.4, 0.5) is 5.69 Å². The van der Waals surface area contributed by atoms with Crippen LogP contribution in [0.3, 0.4) is 0 Å². The van der Waals surface area contributed by atoms with E-state index in [1.54, 1.807) is 0 Å². The summed E-state index contributed by atoms with van der Waals surface area (Å²) in [6, 6.07) is 3.96. The molecule has 0 saturated carbocycles. The number of benzene rings is 1. The summed E-state index contributed by atoms with van der Waals surface area (Å²) in [7, 11) is 2.42. The van der Waals surface area contributed by atoms with Crippen molar-refractivity contribution >= 4 is 23.7 Å². The molecule has 0 aliphatic carbocycles. The second-order valence-electron chi connectivity index (χ2n) is 2.92. The van der Waals surface area contributed by atoms with Gasteiger partial charge in [-0.25, -0.2) is 14.4 Å². The highest BCUT2D eigenvalue weighted by atomic mass is 16.5. The number of rotatable bonds is 3. The molecule has 0 aliphatic rings. The highest BCUT2D eigenvalue weighted by Crippen LogP contribution is 2.21. The lowest BCUT2D eigenvalue weighted by Crippen LogP contribution is -2.05. The summed E-state index contributed by atoms with van der Waals surface area (Å²) in [4.78, 5) is 36.1. The van der Waals surface area contributed by atoms with Gasteiger partial charge in [0.15, 0.2) is 0 Å². The lowest BCUT2D eigenvalue weighted by atomic mass is 10.1. The van der Waals surface area contributed by atoms with Gasteiger partial charge < -0.3 is 9.47 Å². The number of isocyanates is 1. The van der Waals surface area contributed by atoms with Crippen molar-refractivity contribution in [1.29, 1.82) is 0 Å². The number of ether oxygens (including phenoxy) is 2. The Hall–Kier alpha value is -2.46. The molecule has 0 heterocycles. The number of hydrogen-bond acceptors (Lipinski definition) is 6. The summed E-state index contributed by atoms with van der Waals surface area (Å²) in [5.74, 6) is -1.25. The van der Waals surface area contributed by atoms with Crippen molar-refractivity contribution in [2.24, 2.45) is 4.99 Å². The zero-order valence-corrected chi connectivity index (χ0v) is 9.22. The zero-order valence-electron chi connectivity index (χ0n) is 9.22. The average Bonchev–Trinajstić information content (AvgIpc) is 2.37. The van der Waals surface area contributed by atoms with E-state index in [0.717, 1.165) is 0 Å². The van der Waals surface area contributed by atoms with Gasteiger partial charge in [-0.2, -0.15) is 4.99 Å². The largest absolute Gasteiger partial charge is 0.465 e. The molecular formula is C11H9NO5. The topological polar surface area (TPSA) is 82.0 Å². The van der Waals surface area contributed by atoms with E-state index in [1.165, 1.54) is 38.5 Å². The molecule has 0 N–H and O–H groups in total. The molecule has 0 aliphatic heterocycles. The summed E-state index contributed by atoms with van der Waals surface area (Å²) in [6.07, 6.45) is 1.30. The lowest BCUT2D eigenvalue weighted by Gasteiger charge is -2.04. The van der Waals surface area contributed by atoms with E-state index in [2.05, 4.69) is 14.5 Å². The fourth-order valence-electron chi connectivity index (χ4n) is 1.20. The smallest absolute Gasteiger partial charge is 0.340 e. The van der Waals surface area contributed by atoms with E-state index >= 15 is 0 Å². The number of nitrogens with zero attached hydrogens (tertiary/aromatic N) is 1. The Kier molecular flexibility index (Phi) is 4.14. The minimum absolute atomic E-state index is 0.00903. The molecule has 0 aromatic heterocycles. The van der Waals surface area contributed by atoms with Gasteiger partial charge in [0.1, 0.15) is 0 Å². The SMILES string of the molecule is COC(=O)c1ccc(C(=O)OC)c(N=C=O)c1. The van der Waals surface area contributed by atoms with E-state index in [9.17, 15) is 14.4 Å². The van der Waals surface area contributed by atoms with Crippen LogP contribution in [0.5, 0.6) is 0 Å². The van der Waals surface area contributed by atoms with Crippen molar-refractivity contribution in [2.75, 3.05) is 14.2 Å². The van der Waals surface area contributed by atoms with Crippen LogP contribution in [-0.4, -0.2) is 32.2 Å². The molecule has 1 aromatic rings. The van der Waals surface area contributed by atoms with Crippen LogP contribution in [0.1, 0.15) is 20.7 Å². The third kappa shape index (κ3) is 2.76. The molecule has 0 amide bonds. The third-order valence-corrected chi connectivity index (χ3v) is 1.99. The van der Waals surface area contributed by atoms with E-state index < -0.39 is 11.9 Å². The number of aliphatic imine (C=N–C) groups is 1. The highest BCUT2D eigenvalue weighted by Gasteiger charge is 2.15. The standard InChI is InChI=1S/C11H9NO5/c1-16-10(14)7-3-4-8(11(15)17-2)9(5-7)12-6-13/h3-5H,1-2H3. The number of carbonyl (C=O) groups excluding carboxylic acids is 3. The molecule has 1 rings (SSSR count). The summed E-state index contributed by atoms with van der Waals surface area (Å²) >= 11 is 0. The van der Waals surface area contributed by atoms with E-state index in [4.69, 9.17) is 0 Å². The maximum atomic E-state index is 11.3. The third-order valence-electron chi connectivity index (χ3n) is 1.99. The summed E-state index contributed by atoms with van der Waals surface area (Å²) in [5.41, 5.74) is 0.257. The predicted octanol–water partition coefficient (Wildman–Crippen LogP) is 1.23. The number of methoxy groups -OCH3 is 2. The first kappa shape index (κ1) is 12.6. The van der Waals surface area contributed by atoms with Crippen LogP contribution in [0, 0.1) is 0 Å². The molecular weight excluding hydrogens is 226 g/mol. The maximum Gasteiger partial charge on any atom is 0.340 e. The van der Waals surface area contributed by atoms with Crippen molar-refractivity contribution in [3.63, 3.8) is 0 Å². The second kappa shape index (κ2) is 5.58. The average molecular weight is 235 g/mol. The molecule has 6 heteroatoms. The van der Waals surface area contributed by atoms with Gasteiger partial charge in [0.05, 0.1) is 31.0 Å². The minimum Gasteiger partial charge on any atom is -0.465 e. The molecule has 0 atom stereocenters. The Morgan fingerprint density at radius 3 is 2.35 bits per heavy atom. The first-order valence-electron chi connectivity index (χ1n) is 4.52. The Bertz CT molecular complexity index is 503. The molecule has 0 radical (unpaired) electrons. The summed E-state index contributed by atoms with van der Waals surface area (Å²) in [5, 5.41) is 0.